The number of hydrogen-bond acceptors (Lipinski definition) is 5. The fourth-order valence-electron chi connectivity index (χ4n) is 3.00. The van der Waals surface area contributed by atoms with Gasteiger partial charge in [-0.2, -0.15) is 0 Å². The van der Waals surface area contributed by atoms with Gasteiger partial charge < -0.3 is 19.3 Å². The van der Waals surface area contributed by atoms with Crippen LogP contribution in [0.15, 0.2) is 36.4 Å². The molecule has 0 bridgehead atoms. The van der Waals surface area contributed by atoms with Crippen LogP contribution >= 0.6 is 0 Å². The number of nitrogens with one attached hydrogen (secondary N) is 1. The van der Waals surface area contributed by atoms with Crippen LogP contribution in [0.4, 0.5) is 15.3 Å². The Hall–Kier alpha value is -2.80. The van der Waals surface area contributed by atoms with Crippen LogP contribution in [0.3, 0.4) is 0 Å². The maximum absolute atomic E-state index is 12.6. The van der Waals surface area contributed by atoms with Crippen LogP contribution in [0.25, 0.3) is 10.8 Å². The van der Waals surface area contributed by atoms with Crippen LogP contribution < -0.4 is 10.1 Å². The van der Waals surface area contributed by atoms with Crippen LogP contribution in [-0.4, -0.2) is 60.8 Å². The topological polar surface area (TPSA) is 71.1 Å². The molecule has 1 aliphatic rings. The van der Waals surface area contributed by atoms with Crippen LogP contribution in [0.2, 0.25) is 0 Å². The zero-order valence-corrected chi connectivity index (χ0v) is 16.8. The smallest absolute Gasteiger partial charge is 0.415 e. The van der Waals surface area contributed by atoms with E-state index in [-0.39, 0.29) is 6.09 Å². The number of nitrogens with zero attached hydrogens (tertiary/aromatic N) is 2. The van der Waals surface area contributed by atoms with Crippen molar-refractivity contribution in [3.63, 3.8) is 0 Å². The number of carbonyl (C=O) groups is 2. The third-order valence-electron chi connectivity index (χ3n) is 4.43. The van der Waals surface area contributed by atoms with Crippen LogP contribution in [0.1, 0.15) is 20.8 Å². The average Bonchev–Trinajstić information content (AvgIpc) is 2.60. The number of anilines is 1. The van der Waals surface area contributed by atoms with E-state index in [9.17, 15) is 9.59 Å². The monoisotopic (exact) mass is 385 g/mol. The highest BCUT2D eigenvalue weighted by molar-refractivity contribution is 5.96. The van der Waals surface area contributed by atoms with E-state index in [4.69, 9.17) is 9.47 Å². The van der Waals surface area contributed by atoms with Gasteiger partial charge in [0.05, 0.1) is 0 Å². The quantitative estimate of drug-likeness (QED) is 0.848. The average molecular weight is 385 g/mol. The summed E-state index contributed by atoms with van der Waals surface area (Å²) in [5, 5.41) is 4.38. The van der Waals surface area contributed by atoms with Gasteiger partial charge in [0.1, 0.15) is 11.4 Å². The van der Waals surface area contributed by atoms with Gasteiger partial charge >= 0.3 is 12.2 Å². The molecule has 2 aromatic rings. The molecule has 2 aromatic carbocycles. The Kier molecular flexibility index (Phi) is 5.74. The molecule has 150 valence electrons. The summed E-state index contributed by atoms with van der Waals surface area (Å²) in [6.45, 7) is 8.29. The van der Waals surface area contributed by atoms with E-state index in [0.717, 1.165) is 23.9 Å². The molecule has 7 heteroatoms. The number of fused-ring (bicyclic) bond motifs is 1. The van der Waals surface area contributed by atoms with Crippen molar-refractivity contribution in [2.45, 2.75) is 26.4 Å². The minimum atomic E-state index is -0.600. The molecule has 1 saturated heterocycles. The van der Waals surface area contributed by atoms with Gasteiger partial charge in [-0.15, -0.1) is 0 Å². The lowest BCUT2D eigenvalue weighted by Gasteiger charge is -2.31. The van der Waals surface area contributed by atoms with E-state index < -0.39 is 11.7 Å². The molecule has 1 N–H and O–H groups in total. The van der Waals surface area contributed by atoms with Crippen molar-refractivity contribution in [2.75, 3.05) is 38.5 Å². The summed E-state index contributed by atoms with van der Waals surface area (Å²) < 4.78 is 11.0. The Morgan fingerprint density at radius 3 is 2.39 bits per heavy atom. The number of piperazine rings is 1. The fourth-order valence-corrected chi connectivity index (χ4v) is 3.00. The molecule has 28 heavy (non-hydrogen) atoms. The summed E-state index contributed by atoms with van der Waals surface area (Å²) in [5.41, 5.74) is -0.0911. The first-order valence-electron chi connectivity index (χ1n) is 9.39. The Bertz CT molecular complexity index is 868. The van der Waals surface area contributed by atoms with Crippen LogP contribution in [0, 0.1) is 0 Å². The van der Waals surface area contributed by atoms with Crippen molar-refractivity contribution < 1.29 is 19.1 Å². The van der Waals surface area contributed by atoms with E-state index in [1.807, 2.05) is 37.4 Å². The maximum atomic E-state index is 12.6. The van der Waals surface area contributed by atoms with Gasteiger partial charge in [0, 0.05) is 43.3 Å². The molecule has 3 rings (SSSR count). The number of amides is 2. The molecule has 0 unspecified atom stereocenters. The first-order chi connectivity index (χ1) is 13.2. The van der Waals surface area contributed by atoms with Crippen LogP contribution in [0.5, 0.6) is 5.75 Å². The summed E-state index contributed by atoms with van der Waals surface area (Å²) in [6, 6.07) is 11.1. The second-order valence-corrected chi connectivity index (χ2v) is 7.98. The van der Waals surface area contributed by atoms with Crippen molar-refractivity contribution in [3.8, 4) is 5.75 Å². The van der Waals surface area contributed by atoms with Crippen molar-refractivity contribution in [1.82, 2.24) is 9.80 Å². The molecule has 0 saturated carbocycles. The standard InChI is InChI=1S/C21H27N3O4/c1-21(2,3)28-19(25)22-16-13-15-7-5-6-8-17(15)18(14-16)27-20(26)24-11-9-23(4)10-12-24/h5-8,13-14H,9-12H2,1-4H3,(H,22,25). The summed E-state index contributed by atoms with van der Waals surface area (Å²) in [7, 11) is 2.03. The second-order valence-electron chi connectivity index (χ2n) is 7.98. The van der Waals surface area contributed by atoms with Crippen molar-refractivity contribution in [3.05, 3.63) is 36.4 Å². The molecule has 0 spiro atoms. The van der Waals surface area contributed by atoms with E-state index in [0.29, 0.717) is 24.5 Å². The minimum absolute atomic E-state index is 0.382. The van der Waals surface area contributed by atoms with Gasteiger partial charge in [-0.1, -0.05) is 24.3 Å². The number of benzene rings is 2. The molecule has 0 atom stereocenters. The van der Waals surface area contributed by atoms with Crippen molar-refractivity contribution in [1.29, 1.82) is 0 Å². The minimum Gasteiger partial charge on any atom is -0.444 e. The number of carbonyl (C=O) groups excluding carboxylic acids is 2. The Labute approximate surface area is 165 Å². The normalized spacial score (nSPS) is 15.4. The fraction of sp³-hybridized carbons (Fsp3) is 0.429. The van der Waals surface area contributed by atoms with E-state index in [1.54, 1.807) is 31.7 Å². The Morgan fingerprint density at radius 2 is 1.71 bits per heavy atom. The highest BCUT2D eigenvalue weighted by Crippen LogP contribution is 2.31. The lowest BCUT2D eigenvalue weighted by atomic mass is 10.1. The molecule has 7 nitrogen and oxygen atoms in total. The van der Waals surface area contributed by atoms with Crippen molar-refractivity contribution in [2.24, 2.45) is 0 Å². The highest BCUT2D eigenvalue weighted by atomic mass is 16.6. The zero-order valence-electron chi connectivity index (χ0n) is 16.8. The molecule has 0 aromatic heterocycles. The summed E-state index contributed by atoms with van der Waals surface area (Å²) in [4.78, 5) is 28.6. The molecular weight excluding hydrogens is 358 g/mol. The zero-order chi connectivity index (χ0) is 20.3. The lowest BCUT2D eigenvalue weighted by Crippen LogP contribution is -2.48. The van der Waals surface area contributed by atoms with Gasteiger partial charge in [0.25, 0.3) is 0 Å². The summed E-state index contributed by atoms with van der Waals surface area (Å²) in [6.07, 6.45) is -0.938. The van der Waals surface area contributed by atoms with Gasteiger partial charge in [-0.3, -0.25) is 5.32 Å². The third kappa shape index (κ3) is 5.13. The van der Waals surface area contributed by atoms with E-state index >= 15 is 0 Å². The van der Waals surface area contributed by atoms with Crippen molar-refractivity contribution >= 4 is 28.6 Å². The number of rotatable bonds is 2. The Balaban J connectivity index is 1.82. The first kappa shape index (κ1) is 19.9. The van der Waals surface area contributed by atoms with Gasteiger partial charge in [0.2, 0.25) is 0 Å². The molecule has 2 amide bonds. The molecule has 1 aliphatic heterocycles. The molecule has 1 heterocycles. The molecular formula is C21H27N3O4. The number of ether oxygens (including phenoxy) is 2. The predicted molar refractivity (Wildman–Crippen MR) is 109 cm³/mol. The molecule has 1 fully saturated rings. The number of hydrogen-bond donors (Lipinski definition) is 1. The largest absolute Gasteiger partial charge is 0.444 e. The third-order valence-corrected chi connectivity index (χ3v) is 4.43. The highest BCUT2D eigenvalue weighted by Gasteiger charge is 2.22. The second kappa shape index (κ2) is 8.06. The predicted octanol–water partition coefficient (Wildman–Crippen LogP) is 3.93. The molecule has 0 radical (unpaired) electrons. The summed E-state index contributed by atoms with van der Waals surface area (Å²) >= 11 is 0. The van der Waals surface area contributed by atoms with E-state index in [1.165, 1.54) is 0 Å². The SMILES string of the molecule is CN1CCN(C(=O)Oc2cc(NC(=O)OC(C)(C)C)cc3ccccc23)CC1. The van der Waals surface area contributed by atoms with Gasteiger partial charge in [-0.25, -0.2) is 9.59 Å². The Morgan fingerprint density at radius 1 is 1.04 bits per heavy atom. The van der Waals surface area contributed by atoms with Gasteiger partial charge in [-0.05, 0) is 39.3 Å². The lowest BCUT2D eigenvalue weighted by molar-refractivity contribution is 0.0636. The molecule has 0 aliphatic carbocycles. The first-order valence-corrected chi connectivity index (χ1v) is 9.39. The number of likely N-dealkylation sites (N-methyl/N-ethyl adjacent to an activating group) is 1. The van der Waals surface area contributed by atoms with E-state index in [2.05, 4.69) is 10.2 Å². The van der Waals surface area contributed by atoms with Gasteiger partial charge in [0.15, 0.2) is 0 Å². The van der Waals surface area contributed by atoms with Crippen LogP contribution in [-0.2, 0) is 4.74 Å². The maximum Gasteiger partial charge on any atom is 0.415 e. The summed E-state index contributed by atoms with van der Waals surface area (Å²) in [5.74, 6) is 0.410.